The molecule has 0 spiro atoms. The third kappa shape index (κ3) is 1.99. The number of nitrogens with one attached hydrogen (secondary N) is 1. The van der Waals surface area contributed by atoms with E-state index in [0.717, 1.165) is 28.1 Å². The maximum atomic E-state index is 5.61. The molecule has 0 radical (unpaired) electrons. The lowest BCUT2D eigenvalue weighted by atomic mass is 10.2. The molecule has 5 nitrogen and oxygen atoms in total. The molecule has 0 saturated heterocycles. The lowest BCUT2D eigenvalue weighted by Crippen LogP contribution is -1.95. The number of hydrogen-bond donors (Lipinski definition) is 1. The molecule has 1 aromatic carbocycles. The smallest absolute Gasteiger partial charge is 0.134 e. The molecule has 0 aliphatic rings. The van der Waals surface area contributed by atoms with Crippen LogP contribution < -0.4 is 4.74 Å². The summed E-state index contributed by atoms with van der Waals surface area (Å²) < 4.78 is 10.6. The van der Waals surface area contributed by atoms with Gasteiger partial charge in [-0.1, -0.05) is 5.16 Å². The van der Waals surface area contributed by atoms with Crippen molar-refractivity contribution >= 4 is 10.9 Å². The fourth-order valence-corrected chi connectivity index (χ4v) is 1.65. The summed E-state index contributed by atoms with van der Waals surface area (Å²) in [7, 11) is 0. The second kappa shape index (κ2) is 3.93. The van der Waals surface area contributed by atoms with Crippen molar-refractivity contribution in [1.82, 2.24) is 15.4 Å². The highest BCUT2D eigenvalue weighted by Gasteiger charge is 2.03. The molecule has 3 rings (SSSR count). The number of benzene rings is 1. The average molecular weight is 229 g/mol. The monoisotopic (exact) mass is 229 g/mol. The minimum atomic E-state index is 0.400. The van der Waals surface area contributed by atoms with Crippen molar-refractivity contribution in [2.45, 2.75) is 13.5 Å². The Kier molecular flexibility index (Phi) is 2.29. The van der Waals surface area contributed by atoms with Gasteiger partial charge in [-0.25, -0.2) is 0 Å². The first-order chi connectivity index (χ1) is 8.31. The number of fused-ring (bicyclic) bond motifs is 1. The zero-order valence-corrected chi connectivity index (χ0v) is 9.30. The number of aryl methyl sites for hydroxylation is 1. The topological polar surface area (TPSA) is 63.9 Å². The molecule has 0 amide bonds. The van der Waals surface area contributed by atoms with Crippen molar-refractivity contribution in [3.8, 4) is 5.75 Å². The number of H-pyrrole nitrogens is 1. The van der Waals surface area contributed by atoms with Crippen molar-refractivity contribution in [3.63, 3.8) is 0 Å². The Morgan fingerprint density at radius 2 is 2.29 bits per heavy atom. The fourth-order valence-electron chi connectivity index (χ4n) is 1.65. The van der Waals surface area contributed by atoms with E-state index in [9.17, 15) is 0 Å². The zero-order chi connectivity index (χ0) is 11.7. The number of ether oxygens (including phenoxy) is 1. The highest BCUT2D eigenvalue weighted by atomic mass is 16.5. The summed E-state index contributed by atoms with van der Waals surface area (Å²) in [5, 5.41) is 11.8. The highest BCUT2D eigenvalue weighted by Crippen LogP contribution is 2.19. The van der Waals surface area contributed by atoms with Gasteiger partial charge in [-0.2, -0.15) is 5.10 Å². The van der Waals surface area contributed by atoms with Gasteiger partial charge in [-0.3, -0.25) is 5.10 Å². The van der Waals surface area contributed by atoms with Crippen LogP contribution in [0.4, 0.5) is 0 Å². The first-order valence-electron chi connectivity index (χ1n) is 5.29. The van der Waals surface area contributed by atoms with Crippen LogP contribution in [-0.4, -0.2) is 15.4 Å². The largest absolute Gasteiger partial charge is 0.487 e. The first-order valence-corrected chi connectivity index (χ1v) is 5.29. The van der Waals surface area contributed by atoms with E-state index in [1.165, 1.54) is 0 Å². The molecule has 2 aromatic heterocycles. The molecule has 0 aliphatic heterocycles. The van der Waals surface area contributed by atoms with Crippen LogP contribution in [0, 0.1) is 6.92 Å². The van der Waals surface area contributed by atoms with E-state index in [-0.39, 0.29) is 0 Å². The summed E-state index contributed by atoms with van der Waals surface area (Å²) in [6, 6.07) is 7.64. The Morgan fingerprint density at radius 1 is 1.35 bits per heavy atom. The second-order valence-electron chi connectivity index (χ2n) is 3.84. The van der Waals surface area contributed by atoms with Crippen LogP contribution in [0.2, 0.25) is 0 Å². The lowest BCUT2D eigenvalue weighted by Gasteiger charge is -2.03. The van der Waals surface area contributed by atoms with Crippen LogP contribution in [0.5, 0.6) is 5.75 Å². The number of aromatic amines is 1. The molecular weight excluding hydrogens is 218 g/mol. The van der Waals surface area contributed by atoms with Crippen molar-refractivity contribution in [3.05, 3.63) is 41.9 Å². The predicted octanol–water partition coefficient (Wildman–Crippen LogP) is 2.44. The van der Waals surface area contributed by atoms with Gasteiger partial charge in [0.15, 0.2) is 0 Å². The molecule has 0 atom stereocenters. The molecule has 2 heterocycles. The third-order valence-corrected chi connectivity index (χ3v) is 2.48. The van der Waals surface area contributed by atoms with E-state index < -0.39 is 0 Å². The molecule has 3 aromatic rings. The normalized spacial score (nSPS) is 10.9. The van der Waals surface area contributed by atoms with E-state index in [2.05, 4.69) is 15.4 Å². The van der Waals surface area contributed by atoms with Gasteiger partial charge >= 0.3 is 0 Å². The SMILES string of the molecule is Cc1cc(COc2ccc3cn[nH]c3c2)no1. The minimum Gasteiger partial charge on any atom is -0.487 e. The molecule has 0 bridgehead atoms. The Balaban J connectivity index is 1.76. The zero-order valence-electron chi connectivity index (χ0n) is 9.30. The van der Waals surface area contributed by atoms with Crippen molar-refractivity contribution in [2.24, 2.45) is 0 Å². The maximum Gasteiger partial charge on any atom is 0.134 e. The van der Waals surface area contributed by atoms with Crippen LogP contribution in [0.15, 0.2) is 35.0 Å². The van der Waals surface area contributed by atoms with Crippen LogP contribution in [-0.2, 0) is 6.61 Å². The summed E-state index contributed by atoms with van der Waals surface area (Å²) in [4.78, 5) is 0. The molecule has 0 unspecified atom stereocenters. The minimum absolute atomic E-state index is 0.400. The maximum absolute atomic E-state index is 5.61. The second-order valence-corrected chi connectivity index (χ2v) is 3.84. The summed E-state index contributed by atoms with van der Waals surface area (Å²) in [6.45, 7) is 2.25. The lowest BCUT2D eigenvalue weighted by molar-refractivity contribution is 0.288. The standard InChI is InChI=1S/C12H11N3O2/c1-8-4-10(15-17-8)7-16-11-3-2-9-6-13-14-12(9)5-11/h2-6H,7H2,1H3,(H,13,14). The molecule has 5 heteroatoms. The van der Waals surface area contributed by atoms with Crippen LogP contribution in [0.25, 0.3) is 10.9 Å². The van der Waals surface area contributed by atoms with Gasteiger partial charge in [0.2, 0.25) is 0 Å². The number of rotatable bonds is 3. The highest BCUT2D eigenvalue weighted by molar-refractivity contribution is 5.79. The number of hydrogen-bond acceptors (Lipinski definition) is 4. The van der Waals surface area contributed by atoms with Gasteiger partial charge in [0.1, 0.15) is 23.8 Å². The van der Waals surface area contributed by atoms with E-state index >= 15 is 0 Å². The van der Waals surface area contributed by atoms with E-state index in [0.29, 0.717) is 6.61 Å². The molecule has 17 heavy (non-hydrogen) atoms. The number of nitrogens with zero attached hydrogens (tertiary/aromatic N) is 2. The molecule has 0 fully saturated rings. The van der Waals surface area contributed by atoms with Gasteiger partial charge in [0, 0.05) is 17.5 Å². The number of aromatic nitrogens is 3. The molecular formula is C12H11N3O2. The first kappa shape index (κ1) is 9.89. The van der Waals surface area contributed by atoms with Gasteiger partial charge in [0.25, 0.3) is 0 Å². The Bertz CT molecular complexity index is 642. The summed E-state index contributed by atoms with van der Waals surface area (Å²) in [5.74, 6) is 1.56. The van der Waals surface area contributed by atoms with E-state index in [1.54, 1.807) is 6.20 Å². The Labute approximate surface area is 97.4 Å². The van der Waals surface area contributed by atoms with E-state index in [1.807, 2.05) is 31.2 Å². The van der Waals surface area contributed by atoms with Gasteiger partial charge < -0.3 is 9.26 Å². The average Bonchev–Trinajstić information content (AvgIpc) is 2.94. The van der Waals surface area contributed by atoms with Crippen LogP contribution in [0.3, 0.4) is 0 Å². The van der Waals surface area contributed by atoms with Crippen LogP contribution in [0.1, 0.15) is 11.5 Å². The van der Waals surface area contributed by atoms with Crippen molar-refractivity contribution in [2.75, 3.05) is 0 Å². The van der Waals surface area contributed by atoms with Gasteiger partial charge in [0.05, 0.1) is 11.7 Å². The van der Waals surface area contributed by atoms with Crippen molar-refractivity contribution < 1.29 is 9.26 Å². The van der Waals surface area contributed by atoms with E-state index in [4.69, 9.17) is 9.26 Å². The third-order valence-electron chi connectivity index (χ3n) is 2.48. The van der Waals surface area contributed by atoms with Gasteiger partial charge in [-0.15, -0.1) is 0 Å². The Hall–Kier alpha value is -2.30. The molecule has 86 valence electrons. The quantitative estimate of drug-likeness (QED) is 0.749. The van der Waals surface area contributed by atoms with Gasteiger partial charge in [-0.05, 0) is 19.1 Å². The van der Waals surface area contributed by atoms with Crippen LogP contribution >= 0.6 is 0 Å². The van der Waals surface area contributed by atoms with Crippen molar-refractivity contribution in [1.29, 1.82) is 0 Å². The fraction of sp³-hybridized carbons (Fsp3) is 0.167. The molecule has 0 saturated carbocycles. The summed E-state index contributed by atoms with van der Waals surface area (Å²) in [6.07, 6.45) is 1.78. The molecule has 1 N–H and O–H groups in total. The molecule has 0 aliphatic carbocycles. The predicted molar refractivity (Wildman–Crippen MR) is 61.7 cm³/mol. The summed E-state index contributed by atoms with van der Waals surface area (Å²) >= 11 is 0. The Morgan fingerprint density at radius 3 is 3.12 bits per heavy atom. The summed E-state index contributed by atoms with van der Waals surface area (Å²) in [5.41, 5.74) is 1.74.